The lowest BCUT2D eigenvalue weighted by Crippen LogP contribution is -2.08. The van der Waals surface area contributed by atoms with Crippen molar-refractivity contribution in [3.05, 3.63) is 47.1 Å². The van der Waals surface area contributed by atoms with Gasteiger partial charge in [-0.2, -0.15) is 0 Å². The van der Waals surface area contributed by atoms with E-state index in [0.29, 0.717) is 16.5 Å². The largest absolute Gasteiger partial charge is 0.497 e. The molecule has 1 heterocycles. The topological polar surface area (TPSA) is 60.2 Å². The van der Waals surface area contributed by atoms with E-state index in [-0.39, 0.29) is 6.04 Å². The van der Waals surface area contributed by atoms with Gasteiger partial charge in [0.25, 0.3) is 0 Å². The van der Waals surface area contributed by atoms with Crippen LogP contribution in [0.25, 0.3) is 0 Å². The average Bonchev–Trinajstić information content (AvgIpc) is 2.42. The number of methoxy groups -OCH3 is 1. The number of ether oxygens (including phenoxy) is 1. The van der Waals surface area contributed by atoms with Gasteiger partial charge in [0, 0.05) is 6.04 Å². The second-order valence-electron chi connectivity index (χ2n) is 4.24. The molecule has 0 spiro atoms. The first-order chi connectivity index (χ1) is 9.10. The number of hydrogen-bond donors (Lipinski definition) is 2. The van der Waals surface area contributed by atoms with Crippen LogP contribution in [0.4, 0.5) is 11.5 Å². The van der Waals surface area contributed by atoms with E-state index in [2.05, 4.69) is 10.3 Å². The first-order valence-electron chi connectivity index (χ1n) is 5.91. The van der Waals surface area contributed by atoms with Crippen LogP contribution >= 0.6 is 11.6 Å². The molecule has 0 fully saturated rings. The van der Waals surface area contributed by atoms with Crippen molar-refractivity contribution in [3.63, 3.8) is 0 Å². The van der Waals surface area contributed by atoms with Crippen LogP contribution in [0.2, 0.25) is 5.02 Å². The fourth-order valence-corrected chi connectivity index (χ4v) is 1.97. The van der Waals surface area contributed by atoms with E-state index >= 15 is 0 Å². The number of pyridine rings is 1. The van der Waals surface area contributed by atoms with Gasteiger partial charge in [0.15, 0.2) is 0 Å². The molecular weight excluding hydrogens is 262 g/mol. The molecule has 0 radical (unpaired) electrons. The molecule has 0 aliphatic heterocycles. The lowest BCUT2D eigenvalue weighted by molar-refractivity contribution is 0.414. The summed E-state index contributed by atoms with van der Waals surface area (Å²) >= 11 is 6.08. The van der Waals surface area contributed by atoms with Crippen LogP contribution in [0.5, 0.6) is 5.75 Å². The Morgan fingerprint density at radius 3 is 2.58 bits per heavy atom. The SMILES string of the molecule is COc1ccc(C(C)Nc2ncc(N)cc2Cl)cc1. The lowest BCUT2D eigenvalue weighted by atomic mass is 10.1. The summed E-state index contributed by atoms with van der Waals surface area (Å²) in [7, 11) is 1.65. The predicted molar refractivity (Wildman–Crippen MR) is 78.7 cm³/mol. The number of nitrogens with two attached hydrogens (primary N) is 1. The number of hydrogen-bond acceptors (Lipinski definition) is 4. The van der Waals surface area contributed by atoms with E-state index in [0.717, 1.165) is 11.3 Å². The number of nitrogen functional groups attached to an aromatic ring is 1. The Balaban J connectivity index is 2.13. The molecule has 19 heavy (non-hydrogen) atoms. The lowest BCUT2D eigenvalue weighted by Gasteiger charge is -2.16. The van der Waals surface area contributed by atoms with Crippen LogP contribution in [0, 0.1) is 0 Å². The van der Waals surface area contributed by atoms with Crippen LogP contribution in [0.1, 0.15) is 18.5 Å². The van der Waals surface area contributed by atoms with Gasteiger partial charge in [0.05, 0.1) is 24.0 Å². The summed E-state index contributed by atoms with van der Waals surface area (Å²) in [5.41, 5.74) is 7.28. The third-order valence-electron chi connectivity index (χ3n) is 2.83. The summed E-state index contributed by atoms with van der Waals surface area (Å²) in [5, 5.41) is 3.77. The Kier molecular flexibility index (Phi) is 4.12. The van der Waals surface area contributed by atoms with Crippen molar-refractivity contribution in [2.24, 2.45) is 0 Å². The number of anilines is 2. The van der Waals surface area contributed by atoms with E-state index in [1.54, 1.807) is 19.4 Å². The molecule has 2 aromatic rings. The maximum atomic E-state index is 6.08. The molecule has 2 rings (SSSR count). The molecule has 100 valence electrons. The second-order valence-corrected chi connectivity index (χ2v) is 4.65. The molecule has 0 aliphatic carbocycles. The molecule has 5 heteroatoms. The molecule has 1 atom stereocenters. The number of aromatic nitrogens is 1. The first-order valence-corrected chi connectivity index (χ1v) is 6.29. The summed E-state index contributed by atoms with van der Waals surface area (Å²) in [5.74, 6) is 1.46. The standard InChI is InChI=1S/C14H16ClN3O/c1-9(10-3-5-12(19-2)6-4-10)18-14-13(15)7-11(16)8-17-14/h3-9H,16H2,1-2H3,(H,17,18). The van der Waals surface area contributed by atoms with Crippen LogP contribution in [-0.4, -0.2) is 12.1 Å². The molecule has 1 aromatic heterocycles. The number of halogens is 1. The minimum atomic E-state index is 0.0829. The van der Waals surface area contributed by atoms with Crippen molar-refractivity contribution < 1.29 is 4.74 Å². The molecule has 0 aliphatic rings. The zero-order chi connectivity index (χ0) is 13.8. The van der Waals surface area contributed by atoms with Crippen molar-refractivity contribution >= 4 is 23.1 Å². The third kappa shape index (κ3) is 3.29. The van der Waals surface area contributed by atoms with Gasteiger partial charge in [-0.3, -0.25) is 0 Å². The van der Waals surface area contributed by atoms with E-state index in [4.69, 9.17) is 22.1 Å². The maximum absolute atomic E-state index is 6.08. The molecule has 0 amide bonds. The molecule has 0 bridgehead atoms. The van der Waals surface area contributed by atoms with Gasteiger partial charge < -0.3 is 15.8 Å². The fourth-order valence-electron chi connectivity index (χ4n) is 1.74. The van der Waals surface area contributed by atoms with E-state index in [9.17, 15) is 0 Å². The number of rotatable bonds is 4. The first kappa shape index (κ1) is 13.5. The molecule has 0 saturated heterocycles. The van der Waals surface area contributed by atoms with Crippen molar-refractivity contribution in [1.29, 1.82) is 0 Å². The zero-order valence-corrected chi connectivity index (χ0v) is 11.6. The van der Waals surface area contributed by atoms with Gasteiger partial charge in [-0.25, -0.2) is 4.98 Å². The molecule has 3 N–H and O–H groups in total. The van der Waals surface area contributed by atoms with E-state index in [1.165, 1.54) is 0 Å². The summed E-state index contributed by atoms with van der Waals surface area (Å²) in [4.78, 5) is 4.18. The highest BCUT2D eigenvalue weighted by Crippen LogP contribution is 2.26. The monoisotopic (exact) mass is 277 g/mol. The normalized spacial score (nSPS) is 11.9. The molecule has 4 nitrogen and oxygen atoms in total. The maximum Gasteiger partial charge on any atom is 0.145 e. The molecule has 1 unspecified atom stereocenters. The van der Waals surface area contributed by atoms with E-state index < -0.39 is 0 Å². The third-order valence-corrected chi connectivity index (χ3v) is 3.12. The Bertz CT molecular complexity index is 557. The van der Waals surface area contributed by atoms with Gasteiger partial charge in [0.1, 0.15) is 11.6 Å². The average molecular weight is 278 g/mol. The molecule has 0 saturated carbocycles. The number of benzene rings is 1. The fraction of sp³-hybridized carbons (Fsp3) is 0.214. The van der Waals surface area contributed by atoms with Crippen molar-refractivity contribution in [3.8, 4) is 5.75 Å². The Morgan fingerprint density at radius 1 is 1.32 bits per heavy atom. The van der Waals surface area contributed by atoms with Crippen LogP contribution in [0.15, 0.2) is 36.5 Å². The predicted octanol–water partition coefficient (Wildman–Crippen LogP) is 3.50. The van der Waals surface area contributed by atoms with Crippen molar-refractivity contribution in [1.82, 2.24) is 4.98 Å². The van der Waals surface area contributed by atoms with Gasteiger partial charge in [-0.1, -0.05) is 23.7 Å². The summed E-state index contributed by atoms with van der Waals surface area (Å²) < 4.78 is 5.13. The number of nitrogens with zero attached hydrogens (tertiary/aromatic N) is 1. The smallest absolute Gasteiger partial charge is 0.145 e. The van der Waals surface area contributed by atoms with Crippen molar-refractivity contribution in [2.75, 3.05) is 18.2 Å². The van der Waals surface area contributed by atoms with E-state index in [1.807, 2.05) is 31.2 Å². The summed E-state index contributed by atoms with van der Waals surface area (Å²) in [6.07, 6.45) is 1.58. The minimum Gasteiger partial charge on any atom is -0.497 e. The molecular formula is C14H16ClN3O. The summed E-state index contributed by atoms with van der Waals surface area (Å²) in [6, 6.07) is 9.61. The van der Waals surface area contributed by atoms with Crippen LogP contribution in [-0.2, 0) is 0 Å². The van der Waals surface area contributed by atoms with Crippen molar-refractivity contribution in [2.45, 2.75) is 13.0 Å². The Morgan fingerprint density at radius 2 is 2.00 bits per heavy atom. The summed E-state index contributed by atoms with van der Waals surface area (Å²) in [6.45, 7) is 2.04. The van der Waals surface area contributed by atoms with Gasteiger partial charge in [-0.05, 0) is 30.7 Å². The van der Waals surface area contributed by atoms with Gasteiger partial charge in [0.2, 0.25) is 0 Å². The van der Waals surface area contributed by atoms with Crippen LogP contribution < -0.4 is 15.8 Å². The molecule has 1 aromatic carbocycles. The second kappa shape index (κ2) is 5.80. The Labute approximate surface area is 117 Å². The minimum absolute atomic E-state index is 0.0829. The van der Waals surface area contributed by atoms with Crippen LogP contribution in [0.3, 0.4) is 0 Å². The van der Waals surface area contributed by atoms with Gasteiger partial charge >= 0.3 is 0 Å². The highest BCUT2D eigenvalue weighted by molar-refractivity contribution is 6.33. The Hall–Kier alpha value is -1.94. The quantitative estimate of drug-likeness (QED) is 0.898. The number of nitrogens with one attached hydrogen (secondary N) is 1. The van der Waals surface area contributed by atoms with Gasteiger partial charge in [-0.15, -0.1) is 0 Å². The highest BCUT2D eigenvalue weighted by Gasteiger charge is 2.09. The highest BCUT2D eigenvalue weighted by atomic mass is 35.5. The zero-order valence-electron chi connectivity index (χ0n) is 10.9.